The summed E-state index contributed by atoms with van der Waals surface area (Å²) in [6.07, 6.45) is -0.0987. The predicted molar refractivity (Wildman–Crippen MR) is 75.9 cm³/mol. The van der Waals surface area contributed by atoms with Crippen molar-refractivity contribution in [3.63, 3.8) is 0 Å². The summed E-state index contributed by atoms with van der Waals surface area (Å²) in [6, 6.07) is 3.10. The van der Waals surface area contributed by atoms with Crippen LogP contribution in [0.25, 0.3) is 0 Å². The Morgan fingerprint density at radius 2 is 2.20 bits per heavy atom. The van der Waals surface area contributed by atoms with Crippen LogP contribution in [0.15, 0.2) is 12.1 Å². The first-order chi connectivity index (χ1) is 9.24. The van der Waals surface area contributed by atoms with Crippen LogP contribution >= 0.6 is 0 Å². The smallest absolute Gasteiger partial charge is 0.225 e. The topological polar surface area (TPSA) is 66.6 Å². The second-order valence-corrected chi connectivity index (χ2v) is 5.93. The molecule has 110 valence electrons. The fraction of sp³-hybridized carbons (Fsp3) is 0.533. The van der Waals surface area contributed by atoms with Crippen molar-refractivity contribution in [3.05, 3.63) is 29.1 Å². The third-order valence-corrected chi connectivity index (χ3v) is 4.17. The number of anilines is 1. The Labute approximate surface area is 118 Å². The number of benzene rings is 1. The average Bonchev–Trinajstić information content (AvgIpc) is 2.76. The summed E-state index contributed by atoms with van der Waals surface area (Å²) in [5.41, 5.74) is 6.73. The Hall–Kier alpha value is -1.62. The highest BCUT2D eigenvalue weighted by molar-refractivity contribution is 5.82. The zero-order valence-electron chi connectivity index (χ0n) is 12.1. The Balaban J connectivity index is 2.39. The zero-order chi connectivity index (χ0) is 15.1. The third kappa shape index (κ3) is 2.50. The van der Waals surface area contributed by atoms with Gasteiger partial charge in [0.05, 0.1) is 11.5 Å². The lowest BCUT2D eigenvalue weighted by Gasteiger charge is -2.26. The SMILES string of the molecule is Cc1cc(N2CCC(C)(C(N)=O)C2)c(C(C)O)cc1F. The van der Waals surface area contributed by atoms with Crippen LogP contribution in [-0.4, -0.2) is 24.1 Å². The van der Waals surface area contributed by atoms with Crippen molar-refractivity contribution >= 4 is 11.6 Å². The molecule has 0 radical (unpaired) electrons. The molecule has 1 saturated heterocycles. The zero-order valence-corrected chi connectivity index (χ0v) is 12.1. The molecule has 1 amide bonds. The molecule has 0 aliphatic carbocycles. The number of primary amides is 1. The number of nitrogens with two attached hydrogens (primary N) is 1. The van der Waals surface area contributed by atoms with Gasteiger partial charge in [0.25, 0.3) is 0 Å². The van der Waals surface area contributed by atoms with Gasteiger partial charge in [-0.1, -0.05) is 0 Å². The lowest BCUT2D eigenvalue weighted by atomic mass is 9.89. The molecule has 0 spiro atoms. The third-order valence-electron chi connectivity index (χ3n) is 4.17. The summed E-state index contributed by atoms with van der Waals surface area (Å²) in [5.74, 6) is -0.654. The number of aryl methyl sites for hydroxylation is 1. The molecule has 20 heavy (non-hydrogen) atoms. The maximum absolute atomic E-state index is 13.7. The molecule has 0 aromatic heterocycles. The highest BCUT2D eigenvalue weighted by Gasteiger charge is 2.39. The molecule has 0 saturated carbocycles. The van der Waals surface area contributed by atoms with E-state index in [0.717, 1.165) is 5.69 Å². The lowest BCUT2D eigenvalue weighted by Crippen LogP contribution is -2.37. The molecule has 5 heteroatoms. The molecule has 1 aromatic carbocycles. The summed E-state index contributed by atoms with van der Waals surface area (Å²) in [7, 11) is 0. The van der Waals surface area contributed by atoms with E-state index in [4.69, 9.17) is 5.73 Å². The van der Waals surface area contributed by atoms with E-state index in [1.54, 1.807) is 19.9 Å². The minimum absolute atomic E-state index is 0.322. The van der Waals surface area contributed by atoms with E-state index in [2.05, 4.69) is 0 Å². The Morgan fingerprint density at radius 3 is 2.70 bits per heavy atom. The van der Waals surface area contributed by atoms with E-state index in [1.165, 1.54) is 6.07 Å². The van der Waals surface area contributed by atoms with Crippen LogP contribution in [0.3, 0.4) is 0 Å². The lowest BCUT2D eigenvalue weighted by molar-refractivity contribution is -0.125. The first kappa shape index (κ1) is 14.8. The van der Waals surface area contributed by atoms with E-state index in [-0.39, 0.29) is 11.7 Å². The van der Waals surface area contributed by atoms with Gasteiger partial charge in [0, 0.05) is 24.3 Å². The number of carbonyl (C=O) groups is 1. The summed E-state index contributed by atoms with van der Waals surface area (Å²) < 4.78 is 13.7. The summed E-state index contributed by atoms with van der Waals surface area (Å²) in [6.45, 7) is 6.30. The molecule has 1 aliphatic heterocycles. The Kier molecular flexibility index (Phi) is 3.73. The van der Waals surface area contributed by atoms with Crippen LogP contribution < -0.4 is 10.6 Å². The number of amides is 1. The van der Waals surface area contributed by atoms with E-state index in [1.807, 2.05) is 11.8 Å². The molecular weight excluding hydrogens is 259 g/mol. The Morgan fingerprint density at radius 1 is 1.55 bits per heavy atom. The number of rotatable bonds is 3. The first-order valence-corrected chi connectivity index (χ1v) is 6.77. The van der Waals surface area contributed by atoms with Crippen LogP contribution in [0, 0.1) is 18.2 Å². The van der Waals surface area contributed by atoms with E-state index in [0.29, 0.717) is 30.6 Å². The number of carbonyl (C=O) groups excluding carboxylic acids is 1. The van der Waals surface area contributed by atoms with Gasteiger partial charge >= 0.3 is 0 Å². The monoisotopic (exact) mass is 280 g/mol. The molecule has 1 aliphatic rings. The van der Waals surface area contributed by atoms with Gasteiger partial charge in [-0.15, -0.1) is 0 Å². The van der Waals surface area contributed by atoms with Gasteiger partial charge in [-0.3, -0.25) is 4.79 Å². The largest absolute Gasteiger partial charge is 0.389 e. The van der Waals surface area contributed by atoms with Crippen LogP contribution in [-0.2, 0) is 4.79 Å². The average molecular weight is 280 g/mol. The fourth-order valence-electron chi connectivity index (χ4n) is 2.66. The normalized spacial score (nSPS) is 23.9. The Bertz CT molecular complexity index is 545. The standard InChI is InChI=1S/C15H21FN2O2/c1-9-6-13(11(10(2)19)7-12(9)16)18-5-4-15(3,8-18)14(17)20/h6-7,10,19H,4-5,8H2,1-3H3,(H2,17,20). The molecule has 1 aromatic rings. The van der Waals surface area contributed by atoms with E-state index in [9.17, 15) is 14.3 Å². The number of hydrogen-bond donors (Lipinski definition) is 2. The first-order valence-electron chi connectivity index (χ1n) is 6.77. The summed E-state index contributed by atoms with van der Waals surface area (Å²) in [4.78, 5) is 13.5. The van der Waals surface area contributed by atoms with Crippen LogP contribution in [0.5, 0.6) is 0 Å². The second kappa shape index (κ2) is 5.05. The van der Waals surface area contributed by atoms with E-state index >= 15 is 0 Å². The maximum Gasteiger partial charge on any atom is 0.225 e. The van der Waals surface area contributed by atoms with Gasteiger partial charge in [0.2, 0.25) is 5.91 Å². The van der Waals surface area contributed by atoms with Gasteiger partial charge in [0.1, 0.15) is 5.82 Å². The van der Waals surface area contributed by atoms with E-state index < -0.39 is 11.5 Å². The molecule has 3 N–H and O–H groups in total. The molecule has 1 fully saturated rings. The maximum atomic E-state index is 13.7. The van der Waals surface area contributed by atoms with Gasteiger partial charge in [0.15, 0.2) is 0 Å². The minimum atomic E-state index is -0.763. The van der Waals surface area contributed by atoms with Crippen molar-refractivity contribution in [2.45, 2.75) is 33.3 Å². The molecule has 2 rings (SSSR count). The van der Waals surface area contributed by atoms with Gasteiger partial charge < -0.3 is 15.7 Å². The number of nitrogens with zero attached hydrogens (tertiary/aromatic N) is 1. The molecule has 0 bridgehead atoms. The van der Waals surface area contributed by atoms with Crippen molar-refractivity contribution in [2.75, 3.05) is 18.0 Å². The number of halogens is 1. The molecular formula is C15H21FN2O2. The predicted octanol–water partition coefficient (Wildman–Crippen LogP) is 1.89. The second-order valence-electron chi connectivity index (χ2n) is 5.93. The van der Waals surface area contributed by atoms with Crippen molar-refractivity contribution in [1.29, 1.82) is 0 Å². The highest BCUT2D eigenvalue weighted by atomic mass is 19.1. The molecule has 1 heterocycles. The van der Waals surface area contributed by atoms with Crippen molar-refractivity contribution in [2.24, 2.45) is 11.1 Å². The summed E-state index contributed by atoms with van der Waals surface area (Å²) >= 11 is 0. The van der Waals surface area contributed by atoms with Crippen LogP contribution in [0.2, 0.25) is 0 Å². The van der Waals surface area contributed by atoms with Crippen LogP contribution in [0.1, 0.15) is 37.5 Å². The van der Waals surface area contributed by atoms with Crippen molar-refractivity contribution < 1.29 is 14.3 Å². The van der Waals surface area contributed by atoms with Gasteiger partial charge in [-0.05, 0) is 44.9 Å². The molecule has 2 atom stereocenters. The van der Waals surface area contributed by atoms with Crippen LogP contribution in [0.4, 0.5) is 10.1 Å². The highest BCUT2D eigenvalue weighted by Crippen LogP contribution is 2.37. The number of aliphatic hydroxyl groups excluding tert-OH is 1. The van der Waals surface area contributed by atoms with Crippen molar-refractivity contribution in [1.82, 2.24) is 0 Å². The minimum Gasteiger partial charge on any atom is -0.389 e. The quantitative estimate of drug-likeness (QED) is 0.888. The van der Waals surface area contributed by atoms with Crippen molar-refractivity contribution in [3.8, 4) is 0 Å². The number of hydrogen-bond acceptors (Lipinski definition) is 3. The van der Waals surface area contributed by atoms with Gasteiger partial charge in [-0.25, -0.2) is 4.39 Å². The molecule has 2 unspecified atom stereocenters. The fourth-order valence-corrected chi connectivity index (χ4v) is 2.66. The number of aliphatic hydroxyl groups is 1. The van der Waals surface area contributed by atoms with Gasteiger partial charge in [-0.2, -0.15) is 0 Å². The summed E-state index contributed by atoms with van der Waals surface area (Å²) in [5, 5.41) is 9.83. The molecule has 4 nitrogen and oxygen atoms in total.